The van der Waals surface area contributed by atoms with Gasteiger partial charge in [0.25, 0.3) is 0 Å². The Kier molecular flexibility index (Phi) is 4.78. The van der Waals surface area contributed by atoms with E-state index in [1.165, 1.54) is 4.31 Å². The number of carbonyl (C=O) groups is 1. The molecular formula is C12H23NO4S. The zero-order valence-electron chi connectivity index (χ0n) is 11.3. The Morgan fingerprint density at radius 1 is 1.33 bits per heavy atom. The molecule has 1 saturated carbocycles. The van der Waals surface area contributed by atoms with Crippen molar-refractivity contribution < 1.29 is 18.3 Å². The lowest BCUT2D eigenvalue weighted by Crippen LogP contribution is -2.37. The van der Waals surface area contributed by atoms with Crippen LogP contribution in [0.5, 0.6) is 0 Å². The van der Waals surface area contributed by atoms with Gasteiger partial charge >= 0.3 is 5.97 Å². The molecule has 0 atom stereocenters. The second-order valence-electron chi connectivity index (χ2n) is 6.11. The van der Waals surface area contributed by atoms with Crippen LogP contribution in [0, 0.1) is 5.41 Å². The van der Waals surface area contributed by atoms with E-state index in [0.29, 0.717) is 6.42 Å². The highest BCUT2D eigenvalue weighted by Gasteiger charge is 2.37. The fraction of sp³-hybridized carbons (Fsp3) is 0.917. The summed E-state index contributed by atoms with van der Waals surface area (Å²) in [5.74, 6) is -0.848. The molecule has 1 N–H and O–H groups in total. The van der Waals surface area contributed by atoms with Crippen LogP contribution in [0.4, 0.5) is 0 Å². The highest BCUT2D eigenvalue weighted by Crippen LogP contribution is 2.31. The molecule has 1 aliphatic carbocycles. The molecule has 1 aliphatic rings. The van der Waals surface area contributed by atoms with Gasteiger partial charge in [-0.2, -0.15) is 4.31 Å². The number of hydrogen-bond donors (Lipinski definition) is 1. The molecule has 5 nitrogen and oxygen atoms in total. The Bertz CT molecular complexity index is 393. The molecule has 18 heavy (non-hydrogen) atoms. The largest absolute Gasteiger partial charge is 0.481 e. The van der Waals surface area contributed by atoms with Crippen molar-refractivity contribution in [3.63, 3.8) is 0 Å². The van der Waals surface area contributed by atoms with Crippen molar-refractivity contribution >= 4 is 16.0 Å². The molecule has 0 bridgehead atoms. The predicted molar refractivity (Wildman–Crippen MR) is 69.8 cm³/mol. The van der Waals surface area contributed by atoms with E-state index in [0.717, 1.165) is 12.8 Å². The molecular weight excluding hydrogens is 254 g/mol. The van der Waals surface area contributed by atoms with Crippen molar-refractivity contribution in [1.29, 1.82) is 0 Å². The summed E-state index contributed by atoms with van der Waals surface area (Å²) in [6.45, 7) is 6.11. The molecule has 0 unspecified atom stereocenters. The van der Waals surface area contributed by atoms with Crippen LogP contribution in [0.15, 0.2) is 0 Å². The fourth-order valence-corrected chi connectivity index (χ4v) is 3.81. The number of nitrogens with zero attached hydrogens (tertiary/aromatic N) is 1. The lowest BCUT2D eigenvalue weighted by molar-refractivity contribution is -0.137. The van der Waals surface area contributed by atoms with Gasteiger partial charge in [0.05, 0.1) is 12.2 Å². The predicted octanol–water partition coefficient (Wildman–Crippen LogP) is 1.69. The van der Waals surface area contributed by atoms with Gasteiger partial charge in [0, 0.05) is 12.6 Å². The van der Waals surface area contributed by atoms with E-state index < -0.39 is 16.0 Å². The van der Waals surface area contributed by atoms with Gasteiger partial charge in [-0.05, 0) is 24.7 Å². The Labute approximate surface area is 109 Å². The standard InChI is InChI=1S/C12H23NO4S/c1-12(2,3)7-9-18(16,17)13(10-4-5-10)8-6-11(14)15/h10H,4-9H2,1-3H3,(H,14,15). The number of sulfonamides is 1. The van der Waals surface area contributed by atoms with Crippen LogP contribution in [-0.2, 0) is 14.8 Å². The van der Waals surface area contributed by atoms with Gasteiger partial charge < -0.3 is 5.11 Å². The number of carboxylic acid groups (broad SMARTS) is 1. The minimum absolute atomic E-state index is 0.0326. The van der Waals surface area contributed by atoms with Gasteiger partial charge in [-0.25, -0.2) is 8.42 Å². The molecule has 6 heteroatoms. The summed E-state index contributed by atoms with van der Waals surface area (Å²) in [6.07, 6.45) is 2.18. The van der Waals surface area contributed by atoms with Crippen molar-refractivity contribution in [3.05, 3.63) is 0 Å². The Balaban J connectivity index is 2.62. The molecule has 0 aromatic heterocycles. The van der Waals surface area contributed by atoms with Crippen LogP contribution in [0.3, 0.4) is 0 Å². The Hall–Kier alpha value is -0.620. The zero-order valence-corrected chi connectivity index (χ0v) is 12.2. The van der Waals surface area contributed by atoms with Crippen molar-refractivity contribution in [2.75, 3.05) is 12.3 Å². The van der Waals surface area contributed by atoms with Gasteiger partial charge in [-0.1, -0.05) is 20.8 Å². The summed E-state index contributed by atoms with van der Waals surface area (Å²) in [7, 11) is -3.32. The highest BCUT2D eigenvalue weighted by atomic mass is 32.2. The maximum absolute atomic E-state index is 12.2. The molecule has 0 spiro atoms. The van der Waals surface area contributed by atoms with Crippen molar-refractivity contribution in [1.82, 2.24) is 4.31 Å². The van der Waals surface area contributed by atoms with Gasteiger partial charge in [0.15, 0.2) is 0 Å². The summed E-state index contributed by atoms with van der Waals surface area (Å²) >= 11 is 0. The molecule has 0 heterocycles. The van der Waals surface area contributed by atoms with E-state index in [-0.39, 0.29) is 30.2 Å². The third-order valence-electron chi connectivity index (χ3n) is 2.97. The average molecular weight is 277 g/mol. The number of rotatable bonds is 7. The van der Waals surface area contributed by atoms with E-state index in [1.54, 1.807) is 0 Å². The molecule has 0 amide bonds. The van der Waals surface area contributed by atoms with Crippen LogP contribution in [0.25, 0.3) is 0 Å². The normalized spacial score (nSPS) is 17.1. The van der Waals surface area contributed by atoms with Crippen LogP contribution < -0.4 is 0 Å². The van der Waals surface area contributed by atoms with E-state index in [2.05, 4.69) is 0 Å². The van der Waals surface area contributed by atoms with Crippen molar-refractivity contribution in [3.8, 4) is 0 Å². The van der Waals surface area contributed by atoms with Crippen LogP contribution in [-0.4, -0.2) is 42.1 Å². The number of carboxylic acids is 1. The second-order valence-corrected chi connectivity index (χ2v) is 8.15. The molecule has 0 radical (unpaired) electrons. The van der Waals surface area contributed by atoms with Crippen molar-refractivity contribution in [2.24, 2.45) is 5.41 Å². The monoisotopic (exact) mass is 277 g/mol. The topological polar surface area (TPSA) is 74.7 Å². The molecule has 106 valence electrons. The summed E-state index contributed by atoms with van der Waals surface area (Å²) < 4.78 is 25.8. The SMILES string of the molecule is CC(C)(C)CCS(=O)(=O)N(CCC(=O)O)C1CC1. The lowest BCUT2D eigenvalue weighted by atomic mass is 9.94. The van der Waals surface area contributed by atoms with Crippen LogP contribution in [0.2, 0.25) is 0 Å². The number of hydrogen-bond acceptors (Lipinski definition) is 3. The van der Waals surface area contributed by atoms with Gasteiger partial charge in [-0.15, -0.1) is 0 Å². The summed E-state index contributed by atoms with van der Waals surface area (Å²) in [6, 6.07) is 0.0364. The number of aliphatic carboxylic acids is 1. The summed E-state index contributed by atoms with van der Waals surface area (Å²) in [5.41, 5.74) is -0.0326. The highest BCUT2D eigenvalue weighted by molar-refractivity contribution is 7.89. The van der Waals surface area contributed by atoms with Gasteiger partial charge in [0.1, 0.15) is 0 Å². The van der Waals surface area contributed by atoms with E-state index in [4.69, 9.17) is 5.11 Å². The molecule has 1 fully saturated rings. The quantitative estimate of drug-likeness (QED) is 0.768. The first-order valence-electron chi connectivity index (χ1n) is 6.33. The third-order valence-corrected chi connectivity index (χ3v) is 4.88. The first kappa shape index (κ1) is 15.4. The van der Waals surface area contributed by atoms with Gasteiger partial charge in [-0.3, -0.25) is 4.79 Å². The molecule has 1 rings (SSSR count). The maximum Gasteiger partial charge on any atom is 0.304 e. The minimum atomic E-state index is -3.32. The molecule has 0 aromatic rings. The first-order chi connectivity index (χ1) is 8.12. The smallest absolute Gasteiger partial charge is 0.304 e. The first-order valence-corrected chi connectivity index (χ1v) is 7.94. The van der Waals surface area contributed by atoms with Gasteiger partial charge in [0.2, 0.25) is 10.0 Å². The summed E-state index contributed by atoms with van der Waals surface area (Å²) in [4.78, 5) is 10.6. The fourth-order valence-electron chi connectivity index (χ4n) is 1.67. The second kappa shape index (κ2) is 5.57. The third kappa shape index (κ3) is 5.35. The molecule has 0 aliphatic heterocycles. The maximum atomic E-state index is 12.2. The summed E-state index contributed by atoms with van der Waals surface area (Å²) in [5, 5.41) is 8.67. The van der Waals surface area contributed by atoms with Crippen LogP contribution >= 0.6 is 0 Å². The van der Waals surface area contributed by atoms with E-state index >= 15 is 0 Å². The average Bonchev–Trinajstić information content (AvgIpc) is 2.97. The van der Waals surface area contributed by atoms with Crippen LogP contribution in [0.1, 0.15) is 46.5 Å². The lowest BCUT2D eigenvalue weighted by Gasteiger charge is -2.24. The van der Waals surface area contributed by atoms with E-state index in [9.17, 15) is 13.2 Å². The zero-order chi connectivity index (χ0) is 14.0. The Morgan fingerprint density at radius 3 is 2.28 bits per heavy atom. The Morgan fingerprint density at radius 2 is 1.89 bits per heavy atom. The minimum Gasteiger partial charge on any atom is -0.481 e. The van der Waals surface area contributed by atoms with E-state index in [1.807, 2.05) is 20.8 Å². The molecule has 0 saturated heterocycles. The molecule has 0 aromatic carbocycles. The van der Waals surface area contributed by atoms with Crippen molar-refractivity contribution in [2.45, 2.75) is 52.5 Å².